The first-order chi connectivity index (χ1) is 11.2. The predicted octanol–water partition coefficient (Wildman–Crippen LogP) is 3.20. The van der Waals surface area contributed by atoms with E-state index in [1.807, 2.05) is 0 Å². The van der Waals surface area contributed by atoms with E-state index in [1.54, 1.807) is 25.1 Å². The second-order valence-corrected chi connectivity index (χ2v) is 5.80. The van der Waals surface area contributed by atoms with Crippen LogP contribution < -0.4 is 5.32 Å². The average molecular weight is 344 g/mol. The first-order valence-electron chi connectivity index (χ1n) is 7.64. The van der Waals surface area contributed by atoms with Gasteiger partial charge < -0.3 is 15.3 Å². The molecule has 1 fully saturated rings. The lowest BCUT2D eigenvalue weighted by Gasteiger charge is -2.39. The van der Waals surface area contributed by atoms with Gasteiger partial charge in [-0.05, 0) is 12.1 Å². The van der Waals surface area contributed by atoms with Crippen molar-refractivity contribution < 1.29 is 27.9 Å². The number of alkyl halides is 3. The van der Waals surface area contributed by atoms with Gasteiger partial charge in [-0.25, -0.2) is 4.79 Å². The lowest BCUT2D eigenvalue weighted by molar-refractivity contribution is -0.271. The van der Waals surface area contributed by atoms with E-state index in [-0.39, 0.29) is 18.9 Å². The summed E-state index contributed by atoms with van der Waals surface area (Å²) < 4.78 is 38.3. The standard InChI is InChI=1S/C16H19F3N2O3/c1-2-13(22)11-4-3-5-12(10-11)20-14(23)21-8-6-15(24,7-9-21)16(17,18)19/h3-5,10,24H,2,6-9H2,1H3,(H,20,23). The van der Waals surface area contributed by atoms with Gasteiger partial charge in [-0.3, -0.25) is 4.79 Å². The number of hydrogen-bond donors (Lipinski definition) is 2. The highest BCUT2D eigenvalue weighted by atomic mass is 19.4. The Morgan fingerprint density at radius 1 is 1.29 bits per heavy atom. The summed E-state index contributed by atoms with van der Waals surface area (Å²) in [5.74, 6) is -0.0701. The number of carbonyl (C=O) groups is 2. The third-order valence-corrected chi connectivity index (χ3v) is 4.16. The number of carbonyl (C=O) groups excluding carboxylic acids is 2. The summed E-state index contributed by atoms with van der Waals surface area (Å²) in [6.07, 6.45) is -5.49. The van der Waals surface area contributed by atoms with Gasteiger partial charge in [0.05, 0.1) is 0 Å². The number of nitrogens with zero attached hydrogens (tertiary/aromatic N) is 1. The number of aliphatic hydroxyl groups is 1. The molecule has 2 rings (SSSR count). The minimum absolute atomic E-state index is 0.0701. The summed E-state index contributed by atoms with van der Waals surface area (Å²) in [6, 6.07) is 5.82. The molecule has 132 valence electrons. The zero-order valence-corrected chi connectivity index (χ0v) is 13.2. The highest BCUT2D eigenvalue weighted by Crippen LogP contribution is 2.38. The van der Waals surface area contributed by atoms with Crippen molar-refractivity contribution in [3.05, 3.63) is 29.8 Å². The van der Waals surface area contributed by atoms with Gasteiger partial charge in [0.1, 0.15) is 0 Å². The van der Waals surface area contributed by atoms with E-state index >= 15 is 0 Å². The second kappa shape index (κ2) is 6.80. The van der Waals surface area contributed by atoms with Crippen molar-refractivity contribution in [2.24, 2.45) is 0 Å². The number of rotatable bonds is 3. The van der Waals surface area contributed by atoms with Crippen LogP contribution in [0.1, 0.15) is 36.5 Å². The zero-order valence-electron chi connectivity index (χ0n) is 13.2. The van der Waals surface area contributed by atoms with Gasteiger partial charge in [-0.1, -0.05) is 19.1 Å². The molecule has 1 aromatic rings. The number of ketones is 1. The first-order valence-corrected chi connectivity index (χ1v) is 7.64. The number of nitrogens with one attached hydrogen (secondary N) is 1. The van der Waals surface area contributed by atoms with Crippen LogP contribution in [0.2, 0.25) is 0 Å². The van der Waals surface area contributed by atoms with E-state index in [2.05, 4.69) is 5.32 Å². The van der Waals surface area contributed by atoms with Crippen LogP contribution >= 0.6 is 0 Å². The summed E-state index contributed by atoms with van der Waals surface area (Å²) in [7, 11) is 0. The number of amides is 2. The quantitative estimate of drug-likeness (QED) is 0.828. The first kappa shape index (κ1) is 18.3. The number of likely N-dealkylation sites (tertiary alicyclic amines) is 1. The van der Waals surface area contributed by atoms with Crippen molar-refractivity contribution in [1.82, 2.24) is 4.90 Å². The van der Waals surface area contributed by atoms with Crippen molar-refractivity contribution in [3.8, 4) is 0 Å². The number of hydrogen-bond acceptors (Lipinski definition) is 3. The lowest BCUT2D eigenvalue weighted by Crippen LogP contribution is -2.55. The van der Waals surface area contributed by atoms with Crippen molar-refractivity contribution >= 4 is 17.5 Å². The molecule has 0 aromatic heterocycles. The normalized spacial score (nSPS) is 17.5. The Labute approximate surface area is 137 Å². The number of urea groups is 1. The molecule has 2 N–H and O–H groups in total. The van der Waals surface area contributed by atoms with Crippen LogP contribution in [0.15, 0.2) is 24.3 Å². The number of anilines is 1. The Kier molecular flexibility index (Phi) is 5.17. The minimum Gasteiger partial charge on any atom is -0.380 e. The summed E-state index contributed by atoms with van der Waals surface area (Å²) in [6.45, 7) is 1.33. The molecule has 5 nitrogen and oxygen atoms in total. The van der Waals surface area contributed by atoms with Crippen LogP contribution in [0.5, 0.6) is 0 Å². The molecule has 1 aliphatic rings. The molecule has 0 spiro atoms. The fourth-order valence-electron chi connectivity index (χ4n) is 2.54. The summed E-state index contributed by atoms with van der Waals surface area (Å²) in [5, 5.41) is 12.2. The van der Waals surface area contributed by atoms with E-state index in [9.17, 15) is 27.9 Å². The highest BCUT2D eigenvalue weighted by molar-refractivity contribution is 5.98. The molecule has 0 bridgehead atoms. The Balaban J connectivity index is 1.98. The maximum atomic E-state index is 12.8. The molecule has 24 heavy (non-hydrogen) atoms. The molecule has 0 radical (unpaired) electrons. The smallest absolute Gasteiger partial charge is 0.380 e. The monoisotopic (exact) mass is 344 g/mol. The van der Waals surface area contributed by atoms with Crippen LogP contribution in [0.25, 0.3) is 0 Å². The minimum atomic E-state index is -4.70. The van der Waals surface area contributed by atoms with E-state index in [0.29, 0.717) is 17.7 Å². The van der Waals surface area contributed by atoms with Gasteiger partial charge in [0, 0.05) is 43.6 Å². The second-order valence-electron chi connectivity index (χ2n) is 5.80. The van der Waals surface area contributed by atoms with Crippen molar-refractivity contribution in [3.63, 3.8) is 0 Å². The number of piperidine rings is 1. The van der Waals surface area contributed by atoms with Gasteiger partial charge in [0.2, 0.25) is 0 Å². The SMILES string of the molecule is CCC(=O)c1cccc(NC(=O)N2CCC(O)(C(F)(F)F)CC2)c1. The van der Waals surface area contributed by atoms with Crippen LogP contribution in [0.3, 0.4) is 0 Å². The largest absolute Gasteiger partial charge is 0.417 e. The third-order valence-electron chi connectivity index (χ3n) is 4.16. The Bertz CT molecular complexity index is 623. The predicted molar refractivity (Wildman–Crippen MR) is 81.9 cm³/mol. The average Bonchev–Trinajstić information content (AvgIpc) is 2.54. The van der Waals surface area contributed by atoms with Gasteiger partial charge in [0.15, 0.2) is 11.4 Å². The Hall–Kier alpha value is -2.09. The van der Waals surface area contributed by atoms with E-state index < -0.39 is 30.7 Å². The Morgan fingerprint density at radius 2 is 1.92 bits per heavy atom. The van der Waals surface area contributed by atoms with E-state index in [1.165, 1.54) is 11.0 Å². The maximum absolute atomic E-state index is 12.8. The van der Waals surface area contributed by atoms with Crippen LogP contribution in [0.4, 0.5) is 23.7 Å². The van der Waals surface area contributed by atoms with E-state index in [4.69, 9.17) is 0 Å². The molecular formula is C16H19F3N2O3. The molecule has 0 unspecified atom stereocenters. The number of Topliss-reactive ketones (excluding diaryl/α,β-unsaturated/α-hetero) is 1. The molecule has 1 aliphatic heterocycles. The molecule has 1 aromatic carbocycles. The van der Waals surface area contributed by atoms with Crippen molar-refractivity contribution in [2.45, 2.75) is 38.0 Å². The van der Waals surface area contributed by atoms with Crippen LogP contribution in [0, 0.1) is 0 Å². The van der Waals surface area contributed by atoms with Crippen LogP contribution in [-0.4, -0.2) is 46.7 Å². The van der Waals surface area contributed by atoms with Gasteiger partial charge in [-0.2, -0.15) is 13.2 Å². The molecule has 1 saturated heterocycles. The van der Waals surface area contributed by atoms with E-state index in [0.717, 1.165) is 0 Å². The fourth-order valence-corrected chi connectivity index (χ4v) is 2.54. The highest BCUT2D eigenvalue weighted by Gasteiger charge is 2.54. The summed E-state index contributed by atoms with van der Waals surface area (Å²) >= 11 is 0. The third kappa shape index (κ3) is 3.87. The molecule has 0 atom stereocenters. The van der Waals surface area contributed by atoms with Crippen molar-refractivity contribution in [2.75, 3.05) is 18.4 Å². The molecule has 8 heteroatoms. The molecular weight excluding hydrogens is 325 g/mol. The van der Waals surface area contributed by atoms with Gasteiger partial charge in [0.25, 0.3) is 0 Å². The van der Waals surface area contributed by atoms with Crippen LogP contribution in [-0.2, 0) is 0 Å². The Morgan fingerprint density at radius 3 is 2.46 bits per heavy atom. The molecule has 0 saturated carbocycles. The topological polar surface area (TPSA) is 69.6 Å². The molecule has 2 amide bonds. The number of benzene rings is 1. The summed E-state index contributed by atoms with van der Waals surface area (Å²) in [5.41, 5.74) is -1.88. The van der Waals surface area contributed by atoms with Gasteiger partial charge >= 0.3 is 12.2 Å². The van der Waals surface area contributed by atoms with Crippen molar-refractivity contribution in [1.29, 1.82) is 0 Å². The lowest BCUT2D eigenvalue weighted by atomic mass is 9.91. The molecule has 0 aliphatic carbocycles. The summed E-state index contributed by atoms with van der Waals surface area (Å²) in [4.78, 5) is 25.0. The van der Waals surface area contributed by atoms with Gasteiger partial charge in [-0.15, -0.1) is 0 Å². The zero-order chi connectivity index (χ0) is 18.0. The molecule has 1 heterocycles. The number of halogens is 3. The maximum Gasteiger partial charge on any atom is 0.417 e. The fraction of sp³-hybridized carbons (Fsp3) is 0.500.